The molecule has 0 amide bonds. The Morgan fingerprint density at radius 1 is 1.25 bits per heavy atom. The van der Waals surface area contributed by atoms with Gasteiger partial charge in [0.25, 0.3) is 0 Å². The minimum absolute atomic E-state index is 0.249. The molecular weight excluding hydrogens is 158 g/mol. The zero-order chi connectivity index (χ0) is 8.55. The van der Waals surface area contributed by atoms with Crippen molar-refractivity contribution in [2.24, 2.45) is 0 Å². The van der Waals surface area contributed by atoms with Crippen molar-refractivity contribution in [2.45, 2.75) is 25.5 Å². The third kappa shape index (κ3) is 1.22. The number of carbonyl (C=O) groups is 2. The van der Waals surface area contributed by atoms with Crippen LogP contribution in [0.4, 0.5) is 0 Å². The Bertz CT molecular complexity index is 204. The van der Waals surface area contributed by atoms with Crippen molar-refractivity contribution in [3.05, 3.63) is 0 Å². The zero-order valence-electron chi connectivity index (χ0n) is 6.78. The van der Waals surface area contributed by atoms with Crippen LogP contribution in [-0.2, 0) is 14.3 Å². The highest BCUT2D eigenvalue weighted by atomic mass is 16.6. The summed E-state index contributed by atoms with van der Waals surface area (Å²) < 4.78 is 4.89. The first-order chi connectivity index (χ1) is 5.77. The van der Waals surface area contributed by atoms with E-state index in [1.807, 2.05) is 0 Å². The van der Waals surface area contributed by atoms with E-state index in [4.69, 9.17) is 4.74 Å². The van der Waals surface area contributed by atoms with Gasteiger partial charge in [-0.1, -0.05) is 0 Å². The van der Waals surface area contributed by atoms with Gasteiger partial charge in [-0.3, -0.25) is 9.69 Å². The van der Waals surface area contributed by atoms with Gasteiger partial charge in [-0.2, -0.15) is 0 Å². The summed E-state index contributed by atoms with van der Waals surface area (Å²) in [4.78, 5) is 23.6. The SMILES string of the molecule is O=C1CC(N2CCCC2)OC1=O. The molecule has 2 heterocycles. The van der Waals surface area contributed by atoms with Crippen LogP contribution in [0.1, 0.15) is 19.3 Å². The molecule has 0 radical (unpaired) electrons. The lowest BCUT2D eigenvalue weighted by Gasteiger charge is -2.20. The summed E-state index contributed by atoms with van der Waals surface area (Å²) in [5, 5.41) is 0. The summed E-state index contributed by atoms with van der Waals surface area (Å²) in [7, 11) is 0. The summed E-state index contributed by atoms with van der Waals surface area (Å²) in [6, 6.07) is 0. The van der Waals surface area contributed by atoms with Crippen LogP contribution in [0.5, 0.6) is 0 Å². The Hall–Kier alpha value is -0.900. The maximum absolute atomic E-state index is 10.8. The van der Waals surface area contributed by atoms with Gasteiger partial charge in [-0.15, -0.1) is 0 Å². The summed E-state index contributed by atoms with van der Waals surface area (Å²) in [6.07, 6.45) is 2.27. The molecule has 2 saturated heterocycles. The lowest BCUT2D eigenvalue weighted by Crippen LogP contribution is -2.32. The summed E-state index contributed by atoms with van der Waals surface area (Å²) in [5.41, 5.74) is 0. The highest BCUT2D eigenvalue weighted by Gasteiger charge is 2.36. The lowest BCUT2D eigenvalue weighted by atomic mass is 10.3. The maximum Gasteiger partial charge on any atom is 0.376 e. The fourth-order valence-electron chi connectivity index (χ4n) is 1.71. The lowest BCUT2D eigenvalue weighted by molar-refractivity contribution is -0.152. The first-order valence-electron chi connectivity index (χ1n) is 4.25. The molecule has 0 aliphatic carbocycles. The van der Waals surface area contributed by atoms with Crippen LogP contribution in [0.25, 0.3) is 0 Å². The number of likely N-dealkylation sites (tertiary alicyclic amines) is 1. The zero-order valence-corrected chi connectivity index (χ0v) is 6.78. The first-order valence-corrected chi connectivity index (χ1v) is 4.25. The predicted molar refractivity (Wildman–Crippen MR) is 40.3 cm³/mol. The van der Waals surface area contributed by atoms with E-state index in [1.165, 1.54) is 0 Å². The number of esters is 1. The molecular formula is C8H11NO3. The second-order valence-corrected chi connectivity index (χ2v) is 3.23. The fraction of sp³-hybridized carbons (Fsp3) is 0.750. The largest absolute Gasteiger partial charge is 0.440 e. The molecule has 0 spiro atoms. The molecule has 12 heavy (non-hydrogen) atoms. The minimum atomic E-state index is -0.660. The van der Waals surface area contributed by atoms with Crippen molar-refractivity contribution < 1.29 is 14.3 Å². The van der Waals surface area contributed by atoms with E-state index in [0.717, 1.165) is 25.9 Å². The standard InChI is InChI=1S/C8H11NO3/c10-6-5-7(12-8(6)11)9-3-1-2-4-9/h7H,1-5H2. The van der Waals surface area contributed by atoms with Crippen molar-refractivity contribution in [3.63, 3.8) is 0 Å². The van der Waals surface area contributed by atoms with Crippen LogP contribution in [0.2, 0.25) is 0 Å². The van der Waals surface area contributed by atoms with Crippen LogP contribution < -0.4 is 0 Å². The van der Waals surface area contributed by atoms with E-state index in [-0.39, 0.29) is 18.4 Å². The fourth-order valence-corrected chi connectivity index (χ4v) is 1.71. The van der Waals surface area contributed by atoms with E-state index >= 15 is 0 Å². The second kappa shape index (κ2) is 2.86. The molecule has 1 atom stereocenters. The van der Waals surface area contributed by atoms with Gasteiger partial charge in [-0.25, -0.2) is 4.79 Å². The first kappa shape index (κ1) is 7.73. The number of carbonyl (C=O) groups excluding carboxylic acids is 2. The molecule has 66 valence electrons. The molecule has 0 aromatic carbocycles. The maximum atomic E-state index is 10.8. The Labute approximate surface area is 70.5 Å². The number of ketones is 1. The Balaban J connectivity index is 1.98. The van der Waals surface area contributed by atoms with Crippen LogP contribution in [0, 0.1) is 0 Å². The van der Waals surface area contributed by atoms with Crippen LogP contribution in [0.3, 0.4) is 0 Å². The number of hydrogen-bond acceptors (Lipinski definition) is 4. The molecule has 2 rings (SSSR count). The van der Waals surface area contributed by atoms with E-state index in [1.54, 1.807) is 0 Å². The van der Waals surface area contributed by atoms with Gasteiger partial charge in [0, 0.05) is 13.1 Å². The summed E-state index contributed by atoms with van der Waals surface area (Å²) >= 11 is 0. The number of ether oxygens (including phenoxy) is 1. The number of cyclic esters (lactones) is 1. The Morgan fingerprint density at radius 2 is 1.92 bits per heavy atom. The third-order valence-corrected chi connectivity index (χ3v) is 2.38. The summed E-state index contributed by atoms with van der Waals surface area (Å²) in [6.45, 7) is 1.90. The molecule has 0 aromatic heterocycles. The average molecular weight is 169 g/mol. The van der Waals surface area contributed by atoms with E-state index in [9.17, 15) is 9.59 Å². The van der Waals surface area contributed by atoms with Crippen molar-refractivity contribution in [1.29, 1.82) is 0 Å². The molecule has 0 aromatic rings. The third-order valence-electron chi connectivity index (χ3n) is 2.38. The number of nitrogens with zero attached hydrogens (tertiary/aromatic N) is 1. The van der Waals surface area contributed by atoms with Crippen molar-refractivity contribution in [2.75, 3.05) is 13.1 Å². The normalized spacial score (nSPS) is 31.2. The quantitative estimate of drug-likeness (QED) is 0.407. The number of rotatable bonds is 1. The van der Waals surface area contributed by atoms with Crippen LogP contribution in [-0.4, -0.2) is 36.0 Å². The molecule has 2 aliphatic rings. The molecule has 2 aliphatic heterocycles. The van der Waals surface area contributed by atoms with Gasteiger partial charge in [0.15, 0.2) is 6.23 Å². The van der Waals surface area contributed by atoms with Gasteiger partial charge < -0.3 is 4.74 Å². The molecule has 0 bridgehead atoms. The van der Waals surface area contributed by atoms with E-state index < -0.39 is 5.97 Å². The summed E-state index contributed by atoms with van der Waals surface area (Å²) in [5.74, 6) is -1.04. The molecule has 2 fully saturated rings. The smallest absolute Gasteiger partial charge is 0.376 e. The van der Waals surface area contributed by atoms with Crippen molar-refractivity contribution in [1.82, 2.24) is 4.90 Å². The highest BCUT2D eigenvalue weighted by molar-refractivity contribution is 6.35. The van der Waals surface area contributed by atoms with Gasteiger partial charge in [0.2, 0.25) is 5.78 Å². The minimum Gasteiger partial charge on any atom is -0.440 e. The predicted octanol–water partition coefficient (Wildman–Crippen LogP) is -0.0757. The number of Topliss-reactive ketones (excluding diaryl/α,β-unsaturated/α-hetero) is 1. The molecule has 0 saturated carbocycles. The Kier molecular flexibility index (Phi) is 1.84. The Morgan fingerprint density at radius 3 is 2.42 bits per heavy atom. The van der Waals surface area contributed by atoms with Gasteiger partial charge in [0.05, 0.1) is 6.42 Å². The molecule has 0 N–H and O–H groups in total. The van der Waals surface area contributed by atoms with Crippen molar-refractivity contribution in [3.8, 4) is 0 Å². The van der Waals surface area contributed by atoms with Gasteiger partial charge >= 0.3 is 5.97 Å². The topological polar surface area (TPSA) is 46.6 Å². The second-order valence-electron chi connectivity index (χ2n) is 3.23. The monoisotopic (exact) mass is 169 g/mol. The number of hydrogen-bond donors (Lipinski definition) is 0. The average Bonchev–Trinajstić information content (AvgIpc) is 2.61. The van der Waals surface area contributed by atoms with E-state index in [0.29, 0.717) is 0 Å². The van der Waals surface area contributed by atoms with Crippen LogP contribution in [0.15, 0.2) is 0 Å². The van der Waals surface area contributed by atoms with Crippen molar-refractivity contribution >= 4 is 11.8 Å². The molecule has 4 nitrogen and oxygen atoms in total. The van der Waals surface area contributed by atoms with E-state index in [2.05, 4.69) is 4.90 Å². The van der Waals surface area contributed by atoms with Gasteiger partial charge in [0.1, 0.15) is 0 Å². The van der Waals surface area contributed by atoms with Crippen LogP contribution >= 0.6 is 0 Å². The molecule has 4 heteroatoms. The van der Waals surface area contributed by atoms with Gasteiger partial charge in [-0.05, 0) is 12.8 Å². The highest BCUT2D eigenvalue weighted by Crippen LogP contribution is 2.19. The molecule has 1 unspecified atom stereocenters.